The molecule has 0 aliphatic carbocycles. The summed E-state index contributed by atoms with van der Waals surface area (Å²) in [5.41, 5.74) is 10.4. The minimum atomic E-state index is -0.266. The Morgan fingerprint density at radius 2 is 1.72 bits per heavy atom. The quantitative estimate of drug-likeness (QED) is 0.646. The number of hydrogen-bond donors (Lipinski definition) is 3. The lowest BCUT2D eigenvalue weighted by Crippen LogP contribution is -2.54. The Balaban J connectivity index is 1.25. The van der Waals surface area contributed by atoms with Crippen molar-refractivity contribution in [2.45, 2.75) is 32.4 Å². The molecule has 2 atom stereocenters. The highest BCUT2D eigenvalue weighted by molar-refractivity contribution is 6.30. The highest BCUT2D eigenvalue weighted by Crippen LogP contribution is 2.25. The van der Waals surface area contributed by atoms with Crippen molar-refractivity contribution < 1.29 is 9.59 Å². The summed E-state index contributed by atoms with van der Waals surface area (Å²) in [6, 6.07) is 13.5. The molecule has 8 heteroatoms. The minimum absolute atomic E-state index is 0.0202. The van der Waals surface area contributed by atoms with Crippen LogP contribution in [0.25, 0.3) is 0 Å². The first-order valence-corrected chi connectivity index (χ1v) is 11.4. The van der Waals surface area contributed by atoms with Crippen LogP contribution in [-0.2, 0) is 9.59 Å². The monoisotopic (exact) mass is 455 g/mol. The van der Waals surface area contributed by atoms with Gasteiger partial charge in [0.15, 0.2) is 0 Å². The number of halogens is 1. The fraction of sp³-hybridized carbons (Fsp3) is 0.417. The Labute approximate surface area is 194 Å². The number of hydrazine groups is 1. The number of piperazine rings is 1. The van der Waals surface area contributed by atoms with Crippen LogP contribution in [0.5, 0.6) is 0 Å². The van der Waals surface area contributed by atoms with E-state index in [1.807, 2.05) is 61.2 Å². The van der Waals surface area contributed by atoms with Gasteiger partial charge in [-0.25, -0.2) is 10.9 Å². The maximum Gasteiger partial charge on any atom is 0.241 e. The number of carbonyl (C=O) groups excluding carboxylic acids is 2. The fourth-order valence-electron chi connectivity index (χ4n) is 4.40. The van der Waals surface area contributed by atoms with E-state index in [0.717, 1.165) is 22.4 Å². The van der Waals surface area contributed by atoms with Gasteiger partial charge in [0.05, 0.1) is 6.54 Å². The highest BCUT2D eigenvalue weighted by Gasteiger charge is 2.34. The fourth-order valence-corrected chi connectivity index (χ4v) is 4.60. The molecule has 2 unspecified atom stereocenters. The zero-order chi connectivity index (χ0) is 22.7. The molecule has 2 aliphatic heterocycles. The van der Waals surface area contributed by atoms with Crippen LogP contribution in [0.3, 0.4) is 0 Å². The molecule has 3 N–H and O–H groups in total. The predicted molar refractivity (Wildman–Crippen MR) is 126 cm³/mol. The number of nitrogens with zero attached hydrogens (tertiary/aromatic N) is 2. The first-order valence-electron chi connectivity index (χ1n) is 11.0. The number of para-hydroxylation sites is 1. The zero-order valence-corrected chi connectivity index (χ0v) is 19.3. The van der Waals surface area contributed by atoms with Crippen molar-refractivity contribution in [1.29, 1.82) is 0 Å². The summed E-state index contributed by atoms with van der Waals surface area (Å²) < 4.78 is 0. The summed E-state index contributed by atoms with van der Waals surface area (Å²) in [6.07, 6.45) is 0.678. The van der Waals surface area contributed by atoms with Gasteiger partial charge < -0.3 is 10.2 Å². The van der Waals surface area contributed by atoms with E-state index in [4.69, 9.17) is 11.6 Å². The summed E-state index contributed by atoms with van der Waals surface area (Å²) in [7, 11) is 0. The van der Waals surface area contributed by atoms with Gasteiger partial charge in [-0.3, -0.25) is 14.5 Å². The van der Waals surface area contributed by atoms with Gasteiger partial charge in [-0.15, -0.1) is 0 Å². The van der Waals surface area contributed by atoms with Crippen LogP contribution in [0.1, 0.15) is 29.2 Å². The molecule has 32 heavy (non-hydrogen) atoms. The van der Waals surface area contributed by atoms with Crippen molar-refractivity contribution in [2.75, 3.05) is 38.0 Å². The van der Waals surface area contributed by atoms with Crippen molar-refractivity contribution in [1.82, 2.24) is 20.7 Å². The van der Waals surface area contributed by atoms with Crippen LogP contribution in [0, 0.1) is 13.8 Å². The third-order valence-electron chi connectivity index (χ3n) is 6.25. The molecule has 0 radical (unpaired) electrons. The second kappa shape index (κ2) is 10.0. The number of carbonyl (C=O) groups is 2. The van der Waals surface area contributed by atoms with Crippen LogP contribution in [-0.4, -0.2) is 60.4 Å². The van der Waals surface area contributed by atoms with Gasteiger partial charge in [-0.1, -0.05) is 41.9 Å². The van der Waals surface area contributed by atoms with E-state index < -0.39 is 0 Å². The van der Waals surface area contributed by atoms with E-state index >= 15 is 0 Å². The Morgan fingerprint density at radius 1 is 1.03 bits per heavy atom. The molecule has 2 saturated heterocycles. The van der Waals surface area contributed by atoms with E-state index in [9.17, 15) is 9.59 Å². The van der Waals surface area contributed by atoms with Crippen LogP contribution >= 0.6 is 11.6 Å². The molecule has 0 aromatic heterocycles. The Morgan fingerprint density at radius 3 is 2.41 bits per heavy atom. The number of hydrogen-bond acceptors (Lipinski definition) is 5. The summed E-state index contributed by atoms with van der Waals surface area (Å²) in [4.78, 5) is 29.5. The number of anilines is 1. The largest absolute Gasteiger partial charge is 0.339 e. The zero-order valence-electron chi connectivity index (χ0n) is 18.5. The number of benzene rings is 2. The second-order valence-corrected chi connectivity index (χ2v) is 9.04. The van der Waals surface area contributed by atoms with Crippen molar-refractivity contribution in [3.8, 4) is 0 Å². The summed E-state index contributed by atoms with van der Waals surface area (Å²) >= 11 is 6.10. The first kappa shape index (κ1) is 22.7. The van der Waals surface area contributed by atoms with Gasteiger partial charge >= 0.3 is 0 Å². The lowest BCUT2D eigenvalue weighted by atomic mass is 10.0. The van der Waals surface area contributed by atoms with Gasteiger partial charge in [0.2, 0.25) is 11.8 Å². The smallest absolute Gasteiger partial charge is 0.241 e. The Kier molecular flexibility index (Phi) is 7.10. The van der Waals surface area contributed by atoms with E-state index in [2.05, 4.69) is 21.1 Å². The third-order valence-corrected chi connectivity index (χ3v) is 6.48. The van der Waals surface area contributed by atoms with Crippen molar-refractivity contribution in [2.24, 2.45) is 0 Å². The molecule has 4 rings (SSSR count). The van der Waals surface area contributed by atoms with Crippen molar-refractivity contribution in [3.63, 3.8) is 0 Å². The Bertz CT molecular complexity index is 970. The molecular weight excluding hydrogens is 426 g/mol. The lowest BCUT2D eigenvalue weighted by molar-refractivity contribution is -0.135. The normalized spacial score (nSPS) is 21.5. The molecular formula is C24H30ClN5O2. The highest BCUT2D eigenvalue weighted by atomic mass is 35.5. The van der Waals surface area contributed by atoms with Gasteiger partial charge in [0.25, 0.3) is 0 Å². The molecule has 0 spiro atoms. The molecule has 2 heterocycles. The lowest BCUT2D eigenvalue weighted by Gasteiger charge is -2.35. The second-order valence-electron chi connectivity index (χ2n) is 8.60. The van der Waals surface area contributed by atoms with Crippen LogP contribution in [0.2, 0.25) is 5.02 Å². The molecule has 2 aromatic carbocycles. The maximum atomic E-state index is 13.0. The molecule has 0 bridgehead atoms. The van der Waals surface area contributed by atoms with Crippen molar-refractivity contribution >= 4 is 29.1 Å². The number of aryl methyl sites for hydroxylation is 2. The van der Waals surface area contributed by atoms with E-state index in [1.54, 1.807) is 0 Å². The maximum absolute atomic E-state index is 13.0. The van der Waals surface area contributed by atoms with E-state index in [1.165, 1.54) is 0 Å². The average Bonchev–Trinajstić information content (AvgIpc) is 3.27. The average molecular weight is 456 g/mol. The minimum Gasteiger partial charge on any atom is -0.339 e. The molecule has 2 aromatic rings. The molecule has 7 nitrogen and oxygen atoms in total. The van der Waals surface area contributed by atoms with Gasteiger partial charge in [0, 0.05) is 42.9 Å². The topological polar surface area (TPSA) is 76.7 Å². The SMILES string of the molecule is Cc1cccc(C)c1NC(=O)CN1CCN(C(=O)C2CC(c3cccc(Cl)c3)NN2)CC1. The first-order chi connectivity index (χ1) is 15.4. The molecule has 2 fully saturated rings. The standard InChI is InChI=1S/C24H30ClN5O2/c1-16-5-3-6-17(2)23(16)26-22(31)15-29-9-11-30(12-10-29)24(32)21-14-20(27-28-21)18-7-4-8-19(25)13-18/h3-8,13,20-21,27-28H,9-12,14-15H2,1-2H3,(H,26,31). The van der Waals surface area contributed by atoms with Crippen LogP contribution < -0.4 is 16.2 Å². The van der Waals surface area contributed by atoms with Gasteiger partial charge in [-0.05, 0) is 49.1 Å². The summed E-state index contributed by atoms with van der Waals surface area (Å²) in [6.45, 7) is 6.93. The molecule has 170 valence electrons. The van der Waals surface area contributed by atoms with Gasteiger partial charge in [0.1, 0.15) is 6.04 Å². The molecule has 0 saturated carbocycles. The number of nitrogens with one attached hydrogen (secondary N) is 3. The predicted octanol–water partition coefficient (Wildman–Crippen LogP) is 2.65. The summed E-state index contributed by atoms with van der Waals surface area (Å²) in [5.74, 6) is 0.0786. The summed E-state index contributed by atoms with van der Waals surface area (Å²) in [5, 5.41) is 3.73. The molecule has 2 aliphatic rings. The number of amides is 2. The van der Waals surface area contributed by atoms with E-state index in [0.29, 0.717) is 44.2 Å². The van der Waals surface area contributed by atoms with E-state index in [-0.39, 0.29) is 23.9 Å². The van der Waals surface area contributed by atoms with Gasteiger partial charge in [-0.2, -0.15) is 0 Å². The van der Waals surface area contributed by atoms with Crippen LogP contribution in [0.15, 0.2) is 42.5 Å². The molecule has 2 amide bonds. The Hall–Kier alpha value is -2.45. The third kappa shape index (κ3) is 5.30. The number of rotatable bonds is 5. The van der Waals surface area contributed by atoms with Crippen molar-refractivity contribution in [3.05, 3.63) is 64.2 Å². The van der Waals surface area contributed by atoms with Crippen LogP contribution in [0.4, 0.5) is 5.69 Å².